The second kappa shape index (κ2) is 8.08. The van der Waals surface area contributed by atoms with E-state index in [2.05, 4.69) is 20.9 Å². The Bertz CT molecular complexity index is 1020. The number of aromatic nitrogens is 1. The lowest BCUT2D eigenvalue weighted by Crippen LogP contribution is -2.30. The molecule has 0 spiro atoms. The molecule has 3 rings (SSSR count). The number of carbonyl (C=O) groups excluding carboxylic acids is 1. The first kappa shape index (κ1) is 20.0. The fraction of sp³-hybridized carbons (Fsp3) is 0.368. The molecule has 0 atom stereocenters. The fourth-order valence-electron chi connectivity index (χ4n) is 3.01. The molecule has 0 unspecified atom stereocenters. The second-order valence-electron chi connectivity index (χ2n) is 6.71. The Morgan fingerprint density at radius 2 is 1.85 bits per heavy atom. The number of hydrogen-bond donors (Lipinski definition) is 0. The predicted octanol–water partition coefficient (Wildman–Crippen LogP) is 3.03. The van der Waals surface area contributed by atoms with Gasteiger partial charge in [-0.25, -0.2) is 8.42 Å². The third-order valence-electron chi connectivity index (χ3n) is 4.32. The van der Waals surface area contributed by atoms with Crippen LogP contribution in [0.2, 0.25) is 0 Å². The van der Waals surface area contributed by atoms with Gasteiger partial charge in [-0.1, -0.05) is 6.07 Å². The highest BCUT2D eigenvalue weighted by Gasteiger charge is 2.28. The van der Waals surface area contributed by atoms with E-state index in [1.165, 1.54) is 21.0 Å². The highest BCUT2D eigenvalue weighted by Crippen LogP contribution is 2.26. The van der Waals surface area contributed by atoms with Crippen LogP contribution in [0.4, 0.5) is 0 Å². The third kappa shape index (κ3) is 4.23. The molecule has 1 aliphatic rings. The minimum Gasteiger partial charge on any atom is -0.268 e. The summed E-state index contributed by atoms with van der Waals surface area (Å²) in [5.41, 5.74) is 0.809. The molecule has 27 heavy (non-hydrogen) atoms. The van der Waals surface area contributed by atoms with Crippen molar-refractivity contribution in [3.63, 3.8) is 0 Å². The summed E-state index contributed by atoms with van der Waals surface area (Å²) in [6.45, 7) is 4.90. The Hall–Kier alpha value is -1.77. The van der Waals surface area contributed by atoms with Gasteiger partial charge in [-0.05, 0) is 73.0 Å². The van der Waals surface area contributed by atoms with Crippen LogP contribution in [0.25, 0.3) is 0 Å². The molecule has 1 aliphatic heterocycles. The van der Waals surface area contributed by atoms with Crippen LogP contribution in [0.1, 0.15) is 37.0 Å². The number of rotatable bonds is 4. The van der Waals surface area contributed by atoms with Crippen LogP contribution < -0.4 is 5.49 Å². The summed E-state index contributed by atoms with van der Waals surface area (Å²) < 4.78 is 29.1. The number of sulfonamides is 1. The molecule has 8 heteroatoms. The summed E-state index contributed by atoms with van der Waals surface area (Å²) in [5, 5.41) is 0. The van der Waals surface area contributed by atoms with Gasteiger partial charge < -0.3 is 0 Å². The Labute approximate surface area is 167 Å². The molecule has 0 N–H and O–H groups in total. The van der Waals surface area contributed by atoms with Crippen LogP contribution in [0, 0.1) is 0 Å². The molecule has 1 saturated heterocycles. The summed E-state index contributed by atoms with van der Waals surface area (Å²) in [7, 11) is -3.60. The molecular weight excluding hydrogens is 430 g/mol. The van der Waals surface area contributed by atoms with Gasteiger partial charge in [-0.15, -0.1) is 0 Å². The molecule has 144 valence electrons. The van der Waals surface area contributed by atoms with E-state index in [-0.39, 0.29) is 22.4 Å². The molecule has 2 aromatic rings. The van der Waals surface area contributed by atoms with Crippen molar-refractivity contribution in [2.45, 2.75) is 37.6 Å². The van der Waals surface area contributed by atoms with Gasteiger partial charge in [0.15, 0.2) is 0 Å². The van der Waals surface area contributed by atoms with Crippen LogP contribution in [-0.2, 0) is 10.0 Å². The van der Waals surface area contributed by atoms with Crippen LogP contribution in [-0.4, -0.2) is 42.3 Å². The second-order valence-corrected chi connectivity index (χ2v) is 9.50. The fourth-order valence-corrected chi connectivity index (χ4v) is 4.97. The van der Waals surface area contributed by atoms with E-state index in [9.17, 15) is 13.2 Å². The zero-order valence-electron chi connectivity index (χ0n) is 15.3. The summed E-state index contributed by atoms with van der Waals surface area (Å²) in [4.78, 5) is 17.7. The monoisotopic (exact) mass is 451 g/mol. The maximum atomic E-state index is 13.1. The number of carbonyl (C=O) groups is 1. The Morgan fingerprint density at radius 3 is 2.52 bits per heavy atom. The molecule has 1 aromatic heterocycles. The maximum absolute atomic E-state index is 13.1. The molecule has 0 bridgehead atoms. The van der Waals surface area contributed by atoms with Crippen molar-refractivity contribution >= 4 is 31.9 Å². The first-order chi connectivity index (χ1) is 12.8. The number of halogens is 1. The average molecular weight is 452 g/mol. The minimum absolute atomic E-state index is 0.0248. The Kier molecular flexibility index (Phi) is 5.98. The first-order valence-corrected chi connectivity index (χ1v) is 11.1. The largest absolute Gasteiger partial charge is 0.268 e. The van der Waals surface area contributed by atoms with E-state index in [1.54, 1.807) is 24.4 Å². The highest BCUT2D eigenvalue weighted by atomic mass is 79.9. The maximum Gasteiger partial charge on any atom is 0.264 e. The number of pyridine rings is 1. The molecule has 6 nitrogen and oxygen atoms in total. The van der Waals surface area contributed by atoms with E-state index in [4.69, 9.17) is 0 Å². The lowest BCUT2D eigenvalue weighted by molar-refractivity contribution is 0.0953. The van der Waals surface area contributed by atoms with Gasteiger partial charge in [0.1, 0.15) is 5.49 Å². The van der Waals surface area contributed by atoms with Gasteiger partial charge >= 0.3 is 0 Å². The van der Waals surface area contributed by atoms with Gasteiger partial charge in [0.2, 0.25) is 10.0 Å². The van der Waals surface area contributed by atoms with E-state index in [1.807, 2.05) is 19.9 Å². The molecule has 0 radical (unpaired) electrons. The van der Waals surface area contributed by atoms with Gasteiger partial charge in [-0.3, -0.25) is 14.4 Å². The van der Waals surface area contributed by atoms with Crippen molar-refractivity contribution < 1.29 is 13.2 Å². The Morgan fingerprint density at radius 1 is 1.15 bits per heavy atom. The molecule has 0 saturated carbocycles. The highest BCUT2D eigenvalue weighted by molar-refractivity contribution is 9.10. The molecule has 1 aromatic carbocycles. The van der Waals surface area contributed by atoms with Gasteiger partial charge in [-0.2, -0.15) is 4.31 Å². The van der Waals surface area contributed by atoms with Crippen molar-refractivity contribution in [1.82, 2.24) is 8.87 Å². The van der Waals surface area contributed by atoms with Gasteiger partial charge in [0.25, 0.3) is 5.91 Å². The van der Waals surface area contributed by atoms with Crippen LogP contribution in [0.3, 0.4) is 0 Å². The van der Waals surface area contributed by atoms with E-state index >= 15 is 0 Å². The smallest absolute Gasteiger partial charge is 0.264 e. The predicted molar refractivity (Wildman–Crippen MR) is 107 cm³/mol. The van der Waals surface area contributed by atoms with Crippen molar-refractivity contribution in [2.24, 2.45) is 4.99 Å². The van der Waals surface area contributed by atoms with E-state index < -0.39 is 10.0 Å². The average Bonchev–Trinajstić information content (AvgIpc) is 3.17. The van der Waals surface area contributed by atoms with Crippen LogP contribution >= 0.6 is 15.9 Å². The number of benzene rings is 1. The van der Waals surface area contributed by atoms with Crippen molar-refractivity contribution in [1.29, 1.82) is 0 Å². The molecule has 0 amide bonds. The molecular formula is C19H22BrN3O3S. The molecule has 0 aliphatic carbocycles. The summed E-state index contributed by atoms with van der Waals surface area (Å²) in [5.74, 6) is -0.333. The van der Waals surface area contributed by atoms with Crippen LogP contribution in [0.5, 0.6) is 0 Å². The van der Waals surface area contributed by atoms with Crippen molar-refractivity contribution in [3.05, 3.63) is 58.1 Å². The zero-order valence-corrected chi connectivity index (χ0v) is 17.7. The third-order valence-corrected chi connectivity index (χ3v) is 6.90. The van der Waals surface area contributed by atoms with E-state index in [0.717, 1.165) is 12.8 Å². The normalized spacial score (nSPS) is 16.2. The van der Waals surface area contributed by atoms with E-state index in [0.29, 0.717) is 23.0 Å². The topological polar surface area (TPSA) is 71.7 Å². The zero-order chi connectivity index (χ0) is 19.6. The van der Waals surface area contributed by atoms with Gasteiger partial charge in [0.05, 0.1) is 10.5 Å². The lowest BCUT2D eigenvalue weighted by Gasteiger charge is -2.16. The summed E-state index contributed by atoms with van der Waals surface area (Å²) in [6.07, 6.45) is 3.36. The Balaban J connectivity index is 2.07. The van der Waals surface area contributed by atoms with Crippen LogP contribution in [0.15, 0.2) is 57.0 Å². The molecule has 2 heterocycles. The minimum atomic E-state index is -3.60. The standard InChI is InChI=1S/C19H22BrN3O3S/c1-14(2)21-18-7-3-4-12-23(18)19(24)16-13-15(8-9-17(16)20)27(25,26)22-10-5-6-11-22/h3-4,7-9,12-14H,5-6,10-11H2,1-2H3. The molecule has 1 fully saturated rings. The quantitative estimate of drug-likeness (QED) is 0.716. The van der Waals surface area contributed by atoms with Crippen molar-refractivity contribution in [2.75, 3.05) is 13.1 Å². The number of hydrogen-bond acceptors (Lipinski definition) is 4. The number of nitrogens with zero attached hydrogens (tertiary/aromatic N) is 3. The van der Waals surface area contributed by atoms with Gasteiger partial charge in [0, 0.05) is 29.8 Å². The first-order valence-electron chi connectivity index (χ1n) is 8.86. The summed E-state index contributed by atoms with van der Waals surface area (Å²) >= 11 is 3.38. The summed E-state index contributed by atoms with van der Waals surface area (Å²) in [6, 6.07) is 9.93. The SMILES string of the molecule is CC(C)N=c1ccccn1C(=O)c1cc(S(=O)(=O)N2CCCC2)ccc1Br. The van der Waals surface area contributed by atoms with Crippen molar-refractivity contribution in [3.8, 4) is 0 Å². The lowest BCUT2D eigenvalue weighted by atomic mass is 10.2.